The summed E-state index contributed by atoms with van der Waals surface area (Å²) in [6, 6.07) is 11.7. The quantitative estimate of drug-likeness (QED) is 0.492. The number of anilines is 1. The Hall–Kier alpha value is -2.78. The minimum atomic E-state index is -3.73. The molecule has 2 aromatic carbocycles. The lowest BCUT2D eigenvalue weighted by atomic mass is 10.2. The molecule has 0 aromatic heterocycles. The van der Waals surface area contributed by atoms with Gasteiger partial charge in [0.25, 0.3) is 5.69 Å². The monoisotopic (exact) mass is 320 g/mol. The summed E-state index contributed by atoms with van der Waals surface area (Å²) in [6.07, 6.45) is 1.42. The van der Waals surface area contributed by atoms with E-state index in [1.165, 1.54) is 42.6 Å². The number of primary sulfonamides is 1. The van der Waals surface area contributed by atoms with E-state index in [0.29, 0.717) is 11.3 Å². The molecule has 2 rings (SSSR count). The molecule has 9 heteroatoms. The number of nitrogens with zero attached hydrogens (tertiary/aromatic N) is 2. The number of sulfonamides is 1. The number of hydrazone groups is 1. The molecule has 0 atom stereocenters. The first-order valence-corrected chi connectivity index (χ1v) is 7.57. The Balaban J connectivity index is 2.06. The number of nitro groups is 1. The molecule has 3 N–H and O–H groups in total. The predicted octanol–water partition coefficient (Wildman–Crippen LogP) is 1.69. The maximum atomic E-state index is 11.1. The summed E-state index contributed by atoms with van der Waals surface area (Å²) in [5.41, 5.74) is 3.77. The van der Waals surface area contributed by atoms with Crippen molar-refractivity contribution in [3.05, 3.63) is 64.2 Å². The second-order valence-corrected chi connectivity index (χ2v) is 5.85. The molecule has 114 valence electrons. The number of nitrogens with one attached hydrogen (secondary N) is 1. The van der Waals surface area contributed by atoms with Crippen molar-refractivity contribution < 1.29 is 13.3 Å². The molecule has 8 nitrogen and oxygen atoms in total. The van der Waals surface area contributed by atoms with Gasteiger partial charge in [-0.1, -0.05) is 12.1 Å². The van der Waals surface area contributed by atoms with Crippen molar-refractivity contribution in [1.29, 1.82) is 0 Å². The number of non-ortho nitro benzene ring substituents is 1. The minimum Gasteiger partial charge on any atom is -0.279 e. The summed E-state index contributed by atoms with van der Waals surface area (Å²) < 4.78 is 22.2. The van der Waals surface area contributed by atoms with E-state index < -0.39 is 14.9 Å². The molecule has 0 bridgehead atoms. The Morgan fingerprint density at radius 2 is 1.86 bits per heavy atom. The van der Waals surface area contributed by atoms with Crippen molar-refractivity contribution in [2.75, 3.05) is 5.43 Å². The number of rotatable bonds is 5. The fourth-order valence-corrected chi connectivity index (χ4v) is 2.13. The number of hydrogen-bond donors (Lipinski definition) is 2. The molecule has 0 saturated heterocycles. The lowest BCUT2D eigenvalue weighted by Crippen LogP contribution is -2.11. The van der Waals surface area contributed by atoms with Crippen LogP contribution in [0.25, 0.3) is 0 Å². The minimum absolute atomic E-state index is 0.000661. The van der Waals surface area contributed by atoms with Gasteiger partial charge in [-0.25, -0.2) is 13.6 Å². The van der Waals surface area contributed by atoms with E-state index in [1.54, 1.807) is 12.1 Å². The van der Waals surface area contributed by atoms with Crippen LogP contribution in [-0.4, -0.2) is 19.6 Å². The second kappa shape index (κ2) is 6.33. The van der Waals surface area contributed by atoms with E-state index in [0.717, 1.165) is 0 Å². The smallest absolute Gasteiger partial charge is 0.270 e. The summed E-state index contributed by atoms with van der Waals surface area (Å²) in [6.45, 7) is 0. The van der Waals surface area contributed by atoms with Crippen LogP contribution in [0.1, 0.15) is 5.56 Å². The van der Waals surface area contributed by atoms with Crippen LogP contribution < -0.4 is 10.6 Å². The average molecular weight is 320 g/mol. The fourth-order valence-electron chi connectivity index (χ4n) is 1.62. The van der Waals surface area contributed by atoms with Crippen LogP contribution in [0.15, 0.2) is 58.5 Å². The highest BCUT2D eigenvalue weighted by atomic mass is 32.2. The number of nitro benzene ring substituents is 1. The maximum Gasteiger partial charge on any atom is 0.270 e. The van der Waals surface area contributed by atoms with Crippen LogP contribution in [-0.2, 0) is 10.0 Å². The Kier molecular flexibility index (Phi) is 4.49. The average Bonchev–Trinajstić information content (AvgIpc) is 2.47. The third kappa shape index (κ3) is 4.11. The Morgan fingerprint density at radius 1 is 1.18 bits per heavy atom. The molecule has 0 fully saturated rings. The summed E-state index contributed by atoms with van der Waals surface area (Å²) in [5.74, 6) is 0. The van der Waals surface area contributed by atoms with E-state index in [-0.39, 0.29) is 10.6 Å². The maximum absolute atomic E-state index is 11.1. The van der Waals surface area contributed by atoms with Crippen molar-refractivity contribution in [3.63, 3.8) is 0 Å². The Bertz CT molecular complexity index is 816. The predicted molar refractivity (Wildman–Crippen MR) is 82.1 cm³/mol. The highest BCUT2D eigenvalue weighted by molar-refractivity contribution is 7.89. The van der Waals surface area contributed by atoms with Gasteiger partial charge in [-0.3, -0.25) is 15.5 Å². The molecule has 22 heavy (non-hydrogen) atoms. The van der Waals surface area contributed by atoms with Gasteiger partial charge >= 0.3 is 0 Å². The van der Waals surface area contributed by atoms with Crippen molar-refractivity contribution >= 4 is 27.6 Å². The third-order valence-corrected chi connectivity index (χ3v) is 3.60. The Morgan fingerprint density at radius 3 is 2.45 bits per heavy atom. The van der Waals surface area contributed by atoms with Crippen LogP contribution in [0.3, 0.4) is 0 Å². The van der Waals surface area contributed by atoms with Gasteiger partial charge in [-0.2, -0.15) is 5.10 Å². The molecular weight excluding hydrogens is 308 g/mol. The number of nitrogens with two attached hydrogens (primary N) is 1. The summed E-state index contributed by atoms with van der Waals surface area (Å²) >= 11 is 0. The van der Waals surface area contributed by atoms with Gasteiger partial charge in [0.2, 0.25) is 10.0 Å². The third-order valence-electron chi connectivity index (χ3n) is 2.67. The molecule has 0 unspecified atom stereocenters. The highest BCUT2D eigenvalue weighted by Crippen LogP contribution is 2.13. The molecule has 0 aliphatic carbocycles. The molecule has 0 spiro atoms. The van der Waals surface area contributed by atoms with Crippen LogP contribution in [0.4, 0.5) is 11.4 Å². The van der Waals surface area contributed by atoms with Crippen LogP contribution in [0.5, 0.6) is 0 Å². The van der Waals surface area contributed by atoms with Gasteiger partial charge in [0, 0.05) is 17.7 Å². The van der Waals surface area contributed by atoms with Crippen LogP contribution in [0, 0.1) is 10.1 Å². The highest BCUT2D eigenvalue weighted by Gasteiger charge is 2.06. The van der Waals surface area contributed by atoms with Crippen molar-refractivity contribution in [2.45, 2.75) is 4.90 Å². The van der Waals surface area contributed by atoms with Crippen LogP contribution >= 0.6 is 0 Å². The van der Waals surface area contributed by atoms with Gasteiger partial charge in [-0.05, 0) is 24.3 Å². The van der Waals surface area contributed by atoms with Gasteiger partial charge < -0.3 is 0 Å². The Labute approximate surface area is 126 Å². The summed E-state index contributed by atoms with van der Waals surface area (Å²) in [4.78, 5) is 10.2. The van der Waals surface area contributed by atoms with Crippen molar-refractivity contribution in [2.24, 2.45) is 10.2 Å². The zero-order valence-corrected chi connectivity index (χ0v) is 12.0. The molecule has 0 amide bonds. The van der Waals surface area contributed by atoms with Crippen molar-refractivity contribution in [1.82, 2.24) is 0 Å². The molecular formula is C13H12N4O4S. The first-order chi connectivity index (χ1) is 10.4. The van der Waals surface area contributed by atoms with Crippen molar-refractivity contribution in [3.8, 4) is 0 Å². The van der Waals surface area contributed by atoms with E-state index >= 15 is 0 Å². The summed E-state index contributed by atoms with van der Waals surface area (Å²) in [5, 5.41) is 19.6. The first kappa shape index (κ1) is 15.6. The molecule has 0 radical (unpaired) electrons. The van der Waals surface area contributed by atoms with E-state index in [1.807, 2.05) is 0 Å². The van der Waals surface area contributed by atoms with Gasteiger partial charge in [0.1, 0.15) is 0 Å². The fraction of sp³-hybridized carbons (Fsp3) is 0. The normalized spacial score (nSPS) is 11.5. The largest absolute Gasteiger partial charge is 0.279 e. The zero-order chi connectivity index (χ0) is 16.2. The summed E-state index contributed by atoms with van der Waals surface area (Å²) in [7, 11) is -3.73. The lowest BCUT2D eigenvalue weighted by Gasteiger charge is -2.02. The van der Waals surface area contributed by atoms with E-state index in [9.17, 15) is 18.5 Å². The van der Waals surface area contributed by atoms with Gasteiger partial charge in [-0.15, -0.1) is 0 Å². The first-order valence-electron chi connectivity index (χ1n) is 6.03. The van der Waals surface area contributed by atoms with E-state index in [4.69, 9.17) is 5.14 Å². The topological polar surface area (TPSA) is 128 Å². The molecule has 0 aliphatic heterocycles. The number of hydrogen-bond acceptors (Lipinski definition) is 6. The number of benzene rings is 2. The molecule has 0 heterocycles. The van der Waals surface area contributed by atoms with Gasteiger partial charge in [0.15, 0.2) is 0 Å². The van der Waals surface area contributed by atoms with E-state index in [2.05, 4.69) is 10.5 Å². The second-order valence-electron chi connectivity index (χ2n) is 4.29. The zero-order valence-electron chi connectivity index (χ0n) is 11.2. The van der Waals surface area contributed by atoms with Gasteiger partial charge in [0.05, 0.1) is 21.7 Å². The lowest BCUT2D eigenvalue weighted by molar-refractivity contribution is -0.384. The van der Waals surface area contributed by atoms with Crippen LogP contribution in [0.2, 0.25) is 0 Å². The molecule has 0 aliphatic rings. The SMILES string of the molecule is NS(=O)(=O)c1ccc(N/N=C/c2cccc([N+](=O)[O-])c2)cc1. The standard InChI is InChI=1S/C13H12N4O4S/c14-22(20,21)13-6-4-11(5-7-13)16-15-9-10-2-1-3-12(8-10)17(18)19/h1-9,16H,(H2,14,20,21)/b15-9+. The molecule has 2 aromatic rings. The molecule has 0 saturated carbocycles.